The van der Waals surface area contributed by atoms with Crippen molar-refractivity contribution in [3.8, 4) is 0 Å². The maximum Gasteiger partial charge on any atom is 0.274 e. The first-order valence-corrected chi connectivity index (χ1v) is 9.96. The highest BCUT2D eigenvalue weighted by Crippen LogP contribution is 2.32. The Bertz CT molecular complexity index is 613. The first-order chi connectivity index (χ1) is 12.1. The number of carbonyl (C=O) groups is 1. The lowest BCUT2D eigenvalue weighted by atomic mass is 10.1. The molecule has 26 heavy (non-hydrogen) atoms. The lowest BCUT2D eigenvalue weighted by Gasteiger charge is -2.32. The molecule has 7 heteroatoms. The number of likely N-dealkylation sites (tertiary alicyclic amines) is 1. The van der Waals surface area contributed by atoms with E-state index in [1.807, 2.05) is 21.8 Å². The number of fused-ring (bicyclic) bond motifs is 2. The number of halogens is 1. The highest BCUT2D eigenvalue weighted by Gasteiger charge is 2.39. The van der Waals surface area contributed by atoms with E-state index in [1.165, 1.54) is 19.3 Å². The molecule has 1 N–H and O–H groups in total. The van der Waals surface area contributed by atoms with Crippen LogP contribution in [0.2, 0.25) is 0 Å². The number of amides is 1. The molecule has 0 saturated carbocycles. The molecule has 3 atom stereocenters. The Morgan fingerprint density at radius 3 is 2.73 bits per heavy atom. The van der Waals surface area contributed by atoms with Crippen molar-refractivity contribution in [2.24, 2.45) is 0 Å². The SMILES string of the molecule is CC(C)N1C2CCC1CN(C(=O)c1ccn(C3CCCNC3)n1)CC2.Cl. The highest BCUT2D eigenvalue weighted by atomic mass is 35.5. The maximum atomic E-state index is 13.0. The van der Waals surface area contributed by atoms with Crippen molar-refractivity contribution in [2.75, 3.05) is 26.2 Å². The van der Waals surface area contributed by atoms with Crippen LogP contribution in [0.5, 0.6) is 0 Å². The van der Waals surface area contributed by atoms with Crippen molar-refractivity contribution >= 4 is 18.3 Å². The third-order valence-corrected chi connectivity index (χ3v) is 6.20. The average molecular weight is 382 g/mol. The topological polar surface area (TPSA) is 53.4 Å². The smallest absolute Gasteiger partial charge is 0.274 e. The van der Waals surface area contributed by atoms with Crippen molar-refractivity contribution in [3.63, 3.8) is 0 Å². The minimum atomic E-state index is 0. The van der Waals surface area contributed by atoms with E-state index in [0.29, 0.717) is 29.9 Å². The van der Waals surface area contributed by atoms with Crippen molar-refractivity contribution in [3.05, 3.63) is 18.0 Å². The number of hydrogen-bond acceptors (Lipinski definition) is 4. The zero-order valence-corrected chi connectivity index (χ0v) is 16.7. The normalized spacial score (nSPS) is 29.5. The Balaban J connectivity index is 0.00000196. The summed E-state index contributed by atoms with van der Waals surface area (Å²) in [6, 6.07) is 4.01. The lowest BCUT2D eigenvalue weighted by molar-refractivity contribution is 0.0721. The summed E-state index contributed by atoms with van der Waals surface area (Å²) in [5.41, 5.74) is 0.611. The molecule has 3 aliphatic rings. The first kappa shape index (κ1) is 19.6. The molecule has 6 nitrogen and oxygen atoms in total. The molecule has 3 aliphatic heterocycles. The van der Waals surface area contributed by atoms with Gasteiger partial charge in [-0.25, -0.2) is 0 Å². The second-order valence-corrected chi connectivity index (χ2v) is 8.15. The number of aromatic nitrogens is 2. The van der Waals surface area contributed by atoms with Gasteiger partial charge in [0.2, 0.25) is 0 Å². The molecule has 3 saturated heterocycles. The van der Waals surface area contributed by atoms with Crippen LogP contribution < -0.4 is 5.32 Å². The summed E-state index contributed by atoms with van der Waals surface area (Å²) in [6.07, 6.45) is 7.89. The van der Waals surface area contributed by atoms with Crippen LogP contribution in [-0.4, -0.2) is 69.8 Å². The van der Waals surface area contributed by atoms with Gasteiger partial charge in [-0.3, -0.25) is 14.4 Å². The highest BCUT2D eigenvalue weighted by molar-refractivity contribution is 5.92. The molecule has 1 aromatic rings. The summed E-state index contributed by atoms with van der Waals surface area (Å²) >= 11 is 0. The molecule has 4 heterocycles. The Labute approximate surface area is 162 Å². The number of hydrogen-bond donors (Lipinski definition) is 1. The van der Waals surface area contributed by atoms with Crippen LogP contribution in [0, 0.1) is 0 Å². The largest absolute Gasteiger partial charge is 0.336 e. The predicted octanol–water partition coefficient (Wildman–Crippen LogP) is 2.32. The van der Waals surface area contributed by atoms with E-state index in [1.54, 1.807) is 0 Å². The Hall–Kier alpha value is -1.11. The number of nitrogens with zero attached hydrogens (tertiary/aromatic N) is 4. The predicted molar refractivity (Wildman–Crippen MR) is 105 cm³/mol. The molecule has 3 unspecified atom stereocenters. The molecule has 2 bridgehead atoms. The summed E-state index contributed by atoms with van der Waals surface area (Å²) < 4.78 is 1.99. The van der Waals surface area contributed by atoms with Crippen LogP contribution in [0.3, 0.4) is 0 Å². The molecule has 0 spiro atoms. The van der Waals surface area contributed by atoms with Crippen molar-refractivity contribution in [2.45, 2.75) is 70.1 Å². The molecule has 3 fully saturated rings. The fraction of sp³-hybridized carbons (Fsp3) is 0.789. The minimum Gasteiger partial charge on any atom is -0.336 e. The molecule has 146 valence electrons. The number of carbonyl (C=O) groups excluding carboxylic acids is 1. The molecule has 0 aromatic carbocycles. The zero-order chi connectivity index (χ0) is 17.4. The van der Waals surface area contributed by atoms with E-state index in [4.69, 9.17) is 0 Å². The van der Waals surface area contributed by atoms with Crippen LogP contribution in [0.15, 0.2) is 12.3 Å². The summed E-state index contributed by atoms with van der Waals surface area (Å²) in [7, 11) is 0. The monoisotopic (exact) mass is 381 g/mol. The molecule has 0 aliphatic carbocycles. The Kier molecular flexibility index (Phi) is 6.25. The van der Waals surface area contributed by atoms with Crippen LogP contribution in [-0.2, 0) is 0 Å². The number of rotatable bonds is 3. The standard InChI is InChI=1S/C19H31N5O.ClH/c1-14(2)24-15-5-6-17(24)13-22(10-7-15)19(25)18-8-11-23(21-18)16-4-3-9-20-12-16;/h8,11,14-17,20H,3-7,9-10,12-13H2,1-2H3;1H. The van der Waals surface area contributed by atoms with Crippen molar-refractivity contribution in [1.82, 2.24) is 24.9 Å². The van der Waals surface area contributed by atoms with Crippen LogP contribution >= 0.6 is 12.4 Å². The molecule has 0 radical (unpaired) electrons. The molecular formula is C19H32ClN5O. The van der Waals surface area contributed by atoms with Gasteiger partial charge >= 0.3 is 0 Å². The Morgan fingerprint density at radius 1 is 1.19 bits per heavy atom. The van der Waals surface area contributed by atoms with Crippen molar-refractivity contribution in [1.29, 1.82) is 0 Å². The molecule has 4 rings (SSSR count). The second-order valence-electron chi connectivity index (χ2n) is 8.15. The van der Waals surface area contributed by atoms with Gasteiger partial charge in [0.15, 0.2) is 0 Å². The van der Waals surface area contributed by atoms with Gasteiger partial charge < -0.3 is 10.2 Å². The van der Waals surface area contributed by atoms with Crippen LogP contribution in [0.25, 0.3) is 0 Å². The Morgan fingerprint density at radius 2 is 2.00 bits per heavy atom. The molecular weight excluding hydrogens is 350 g/mol. The van der Waals surface area contributed by atoms with Gasteiger partial charge in [-0.05, 0) is 58.6 Å². The van der Waals surface area contributed by atoms with E-state index in [9.17, 15) is 4.79 Å². The van der Waals surface area contributed by atoms with E-state index in [0.717, 1.165) is 39.0 Å². The third-order valence-electron chi connectivity index (χ3n) is 6.20. The quantitative estimate of drug-likeness (QED) is 0.873. The fourth-order valence-corrected chi connectivity index (χ4v) is 5.01. The van der Waals surface area contributed by atoms with E-state index in [-0.39, 0.29) is 18.3 Å². The zero-order valence-electron chi connectivity index (χ0n) is 15.9. The van der Waals surface area contributed by atoms with Gasteiger partial charge in [-0.2, -0.15) is 5.10 Å². The van der Waals surface area contributed by atoms with Gasteiger partial charge in [0.05, 0.1) is 6.04 Å². The first-order valence-electron chi connectivity index (χ1n) is 9.96. The van der Waals surface area contributed by atoms with Gasteiger partial charge in [0.1, 0.15) is 5.69 Å². The summed E-state index contributed by atoms with van der Waals surface area (Å²) in [4.78, 5) is 17.7. The fourth-order valence-electron chi connectivity index (χ4n) is 5.01. The van der Waals surface area contributed by atoms with Gasteiger partial charge in [0.25, 0.3) is 5.91 Å². The number of nitrogens with one attached hydrogen (secondary N) is 1. The van der Waals surface area contributed by atoms with Crippen molar-refractivity contribution < 1.29 is 4.79 Å². The van der Waals surface area contributed by atoms with Crippen LogP contribution in [0.4, 0.5) is 0 Å². The van der Waals surface area contributed by atoms with E-state index < -0.39 is 0 Å². The molecule has 1 aromatic heterocycles. The maximum absolute atomic E-state index is 13.0. The third kappa shape index (κ3) is 3.78. The van der Waals surface area contributed by atoms with E-state index >= 15 is 0 Å². The number of piperidine rings is 1. The van der Waals surface area contributed by atoms with Gasteiger partial charge in [-0.15, -0.1) is 12.4 Å². The van der Waals surface area contributed by atoms with E-state index in [2.05, 4.69) is 29.2 Å². The molecule has 1 amide bonds. The average Bonchev–Trinajstić information content (AvgIpc) is 3.19. The summed E-state index contributed by atoms with van der Waals surface area (Å²) in [5, 5.41) is 8.04. The van der Waals surface area contributed by atoms with Crippen LogP contribution in [0.1, 0.15) is 62.5 Å². The minimum absolute atomic E-state index is 0. The second kappa shape index (κ2) is 8.28. The van der Waals surface area contributed by atoms with Gasteiger partial charge in [-0.1, -0.05) is 0 Å². The summed E-state index contributed by atoms with van der Waals surface area (Å²) in [6.45, 7) is 8.32. The van der Waals surface area contributed by atoms with Gasteiger partial charge in [0, 0.05) is 44.0 Å². The lowest BCUT2D eigenvalue weighted by Crippen LogP contribution is -2.44. The summed E-state index contributed by atoms with van der Waals surface area (Å²) in [5.74, 6) is 0.110.